The zero-order valence-electron chi connectivity index (χ0n) is 9.93. The number of hydrogen-bond donors (Lipinski definition) is 1. The predicted molar refractivity (Wildman–Crippen MR) is 63.8 cm³/mol. The normalized spacial score (nSPS) is 22.9. The molecule has 0 spiro atoms. The highest BCUT2D eigenvalue weighted by molar-refractivity contribution is 5.96. The second kappa shape index (κ2) is 5.29. The molecule has 1 fully saturated rings. The molecule has 2 atom stereocenters. The van der Waals surface area contributed by atoms with Crippen molar-refractivity contribution in [3.05, 3.63) is 35.6 Å². The minimum absolute atomic E-state index is 0.0635. The highest BCUT2D eigenvalue weighted by Gasteiger charge is 2.34. The number of carboxylic acid groups (broad SMARTS) is 1. The highest BCUT2D eigenvalue weighted by Crippen LogP contribution is 2.35. The van der Waals surface area contributed by atoms with Crippen LogP contribution in [0, 0.1) is 17.7 Å². The minimum Gasteiger partial charge on any atom is -0.481 e. The third-order valence-electron chi connectivity index (χ3n) is 3.60. The maximum Gasteiger partial charge on any atom is 0.306 e. The van der Waals surface area contributed by atoms with Crippen molar-refractivity contribution in [3.8, 4) is 0 Å². The first-order valence-corrected chi connectivity index (χ1v) is 6.10. The van der Waals surface area contributed by atoms with E-state index in [9.17, 15) is 14.0 Å². The third kappa shape index (κ3) is 2.58. The molecule has 1 aromatic rings. The number of carbonyl (C=O) groups excluding carboxylic acids is 1. The predicted octanol–water partition coefficient (Wildman–Crippen LogP) is 2.90. The fraction of sp³-hybridized carbons (Fsp3) is 0.429. The van der Waals surface area contributed by atoms with Crippen LogP contribution in [0.2, 0.25) is 0 Å². The van der Waals surface area contributed by atoms with Gasteiger partial charge in [0.25, 0.3) is 0 Å². The Kier molecular flexibility index (Phi) is 3.75. The van der Waals surface area contributed by atoms with E-state index in [4.69, 9.17) is 5.11 Å². The summed E-state index contributed by atoms with van der Waals surface area (Å²) in [5.74, 6) is -2.30. The smallest absolute Gasteiger partial charge is 0.306 e. The first-order chi connectivity index (χ1) is 8.59. The van der Waals surface area contributed by atoms with E-state index >= 15 is 0 Å². The SMILES string of the molecule is O=C(C[C@@H]1CCC[C@H]1C(=O)O)c1ccccc1F. The number of carbonyl (C=O) groups is 2. The Morgan fingerprint density at radius 3 is 2.67 bits per heavy atom. The van der Waals surface area contributed by atoms with Crippen LogP contribution in [0.15, 0.2) is 24.3 Å². The molecule has 4 heteroatoms. The number of benzene rings is 1. The molecule has 0 saturated heterocycles. The van der Waals surface area contributed by atoms with Crippen molar-refractivity contribution in [1.29, 1.82) is 0 Å². The van der Waals surface area contributed by atoms with Gasteiger partial charge in [0.15, 0.2) is 5.78 Å². The number of halogens is 1. The number of rotatable bonds is 4. The van der Waals surface area contributed by atoms with Gasteiger partial charge in [0.2, 0.25) is 0 Å². The number of hydrogen-bond acceptors (Lipinski definition) is 2. The quantitative estimate of drug-likeness (QED) is 0.836. The van der Waals surface area contributed by atoms with E-state index in [2.05, 4.69) is 0 Å². The molecule has 0 aliphatic heterocycles. The molecule has 1 aliphatic carbocycles. The van der Waals surface area contributed by atoms with Crippen LogP contribution in [0.4, 0.5) is 4.39 Å². The van der Waals surface area contributed by atoms with E-state index in [-0.39, 0.29) is 23.7 Å². The summed E-state index contributed by atoms with van der Waals surface area (Å²) in [4.78, 5) is 23.0. The maximum atomic E-state index is 13.4. The summed E-state index contributed by atoms with van der Waals surface area (Å²) in [6.45, 7) is 0. The van der Waals surface area contributed by atoms with E-state index in [1.54, 1.807) is 6.07 Å². The van der Waals surface area contributed by atoms with Crippen LogP contribution in [0.25, 0.3) is 0 Å². The van der Waals surface area contributed by atoms with Crippen LogP contribution in [-0.4, -0.2) is 16.9 Å². The van der Waals surface area contributed by atoms with Crippen molar-refractivity contribution >= 4 is 11.8 Å². The summed E-state index contributed by atoms with van der Waals surface area (Å²) >= 11 is 0. The fourth-order valence-corrected chi connectivity index (χ4v) is 2.64. The summed E-state index contributed by atoms with van der Waals surface area (Å²) in [5.41, 5.74) is 0.0635. The Bertz CT molecular complexity index is 470. The molecule has 2 rings (SSSR count). The monoisotopic (exact) mass is 250 g/mol. The van der Waals surface area contributed by atoms with E-state index in [1.165, 1.54) is 18.2 Å². The van der Waals surface area contributed by atoms with Crippen LogP contribution in [-0.2, 0) is 4.79 Å². The molecular formula is C14H15FO3. The summed E-state index contributed by atoms with van der Waals surface area (Å²) in [5, 5.41) is 9.04. The van der Waals surface area contributed by atoms with E-state index in [0.29, 0.717) is 6.42 Å². The summed E-state index contributed by atoms with van der Waals surface area (Å²) < 4.78 is 13.4. The maximum absolute atomic E-state index is 13.4. The lowest BCUT2D eigenvalue weighted by atomic mass is 9.89. The van der Waals surface area contributed by atoms with E-state index in [0.717, 1.165) is 12.8 Å². The Morgan fingerprint density at radius 1 is 1.28 bits per heavy atom. The molecule has 1 N–H and O–H groups in total. The van der Waals surface area contributed by atoms with Crippen molar-refractivity contribution in [3.63, 3.8) is 0 Å². The number of ketones is 1. The van der Waals surface area contributed by atoms with Crippen LogP contribution in [0.5, 0.6) is 0 Å². The molecule has 0 amide bonds. The van der Waals surface area contributed by atoms with Gasteiger partial charge in [-0.2, -0.15) is 0 Å². The zero-order chi connectivity index (χ0) is 13.1. The van der Waals surface area contributed by atoms with Gasteiger partial charge in [-0.05, 0) is 30.9 Å². The van der Waals surface area contributed by atoms with Gasteiger partial charge in [-0.25, -0.2) is 4.39 Å². The van der Waals surface area contributed by atoms with E-state index in [1.807, 2.05) is 0 Å². The first kappa shape index (κ1) is 12.7. The molecule has 0 heterocycles. The Morgan fingerprint density at radius 2 is 2.00 bits per heavy atom. The zero-order valence-corrected chi connectivity index (χ0v) is 9.93. The van der Waals surface area contributed by atoms with Crippen molar-refractivity contribution in [1.82, 2.24) is 0 Å². The lowest BCUT2D eigenvalue weighted by Gasteiger charge is -2.14. The van der Waals surface area contributed by atoms with Gasteiger partial charge in [0, 0.05) is 6.42 Å². The number of carboxylic acids is 1. The molecule has 1 saturated carbocycles. The van der Waals surface area contributed by atoms with Gasteiger partial charge >= 0.3 is 5.97 Å². The molecule has 1 aliphatic rings. The molecular weight excluding hydrogens is 235 g/mol. The van der Waals surface area contributed by atoms with Crippen LogP contribution >= 0.6 is 0 Å². The lowest BCUT2D eigenvalue weighted by molar-refractivity contribution is -0.142. The minimum atomic E-state index is -0.848. The van der Waals surface area contributed by atoms with E-state index < -0.39 is 17.7 Å². The lowest BCUT2D eigenvalue weighted by Crippen LogP contribution is -2.21. The molecule has 3 nitrogen and oxygen atoms in total. The van der Waals surface area contributed by atoms with Gasteiger partial charge in [0.1, 0.15) is 5.82 Å². The summed E-state index contributed by atoms with van der Waals surface area (Å²) in [6, 6.07) is 5.83. The molecule has 0 bridgehead atoms. The highest BCUT2D eigenvalue weighted by atomic mass is 19.1. The Balaban J connectivity index is 2.08. The summed E-state index contributed by atoms with van der Waals surface area (Å²) in [7, 11) is 0. The second-order valence-electron chi connectivity index (χ2n) is 4.74. The van der Waals surface area contributed by atoms with Crippen molar-refractivity contribution in [2.24, 2.45) is 11.8 Å². The first-order valence-electron chi connectivity index (χ1n) is 6.10. The van der Waals surface area contributed by atoms with Gasteiger partial charge in [-0.3, -0.25) is 9.59 Å². The molecule has 1 aromatic carbocycles. The topological polar surface area (TPSA) is 54.4 Å². The summed E-state index contributed by atoms with van der Waals surface area (Å²) in [6.07, 6.45) is 2.30. The van der Waals surface area contributed by atoms with Crippen molar-refractivity contribution in [2.75, 3.05) is 0 Å². The van der Waals surface area contributed by atoms with Crippen LogP contribution < -0.4 is 0 Å². The third-order valence-corrected chi connectivity index (χ3v) is 3.60. The fourth-order valence-electron chi connectivity index (χ4n) is 2.64. The van der Waals surface area contributed by atoms with Gasteiger partial charge < -0.3 is 5.11 Å². The second-order valence-corrected chi connectivity index (χ2v) is 4.74. The van der Waals surface area contributed by atoms with Crippen LogP contribution in [0.1, 0.15) is 36.0 Å². The number of aliphatic carboxylic acids is 1. The molecule has 0 unspecified atom stereocenters. The van der Waals surface area contributed by atoms with Gasteiger partial charge in [-0.1, -0.05) is 18.6 Å². The largest absolute Gasteiger partial charge is 0.481 e. The Labute approximate surface area is 105 Å². The molecule has 18 heavy (non-hydrogen) atoms. The number of Topliss-reactive ketones (excluding diaryl/α,β-unsaturated/α-hetero) is 1. The van der Waals surface area contributed by atoms with Crippen molar-refractivity contribution < 1.29 is 19.1 Å². The van der Waals surface area contributed by atoms with Crippen LogP contribution in [0.3, 0.4) is 0 Å². The standard InChI is InChI=1S/C14H15FO3/c15-12-7-2-1-5-11(12)13(16)8-9-4-3-6-10(9)14(17)18/h1-2,5,7,9-10H,3-4,6,8H2,(H,17,18)/t9-,10+/m0/s1. The molecule has 0 aromatic heterocycles. The Hall–Kier alpha value is -1.71. The van der Waals surface area contributed by atoms with Gasteiger partial charge in [-0.15, -0.1) is 0 Å². The van der Waals surface area contributed by atoms with Crippen molar-refractivity contribution in [2.45, 2.75) is 25.7 Å². The molecule has 96 valence electrons. The average molecular weight is 250 g/mol. The average Bonchev–Trinajstić information content (AvgIpc) is 2.77. The molecule has 0 radical (unpaired) electrons. The van der Waals surface area contributed by atoms with Gasteiger partial charge in [0.05, 0.1) is 11.5 Å².